The zero-order chi connectivity index (χ0) is 24.6. The fraction of sp³-hybridized carbons (Fsp3) is 0.0741. The number of benzene rings is 4. The molecule has 1 heterocycles. The SMILES string of the molecule is Cc1ccc(NS(=O)(=O)c2ccc(NC(=O)N3c4ccccc4Sc4ccccc43)cc2)c(C)c1. The first kappa shape index (κ1) is 23.0. The van der Waals surface area contributed by atoms with Crippen molar-refractivity contribution in [1.29, 1.82) is 0 Å². The molecule has 0 saturated heterocycles. The number of urea groups is 1. The maximum absolute atomic E-state index is 13.4. The average Bonchev–Trinajstić information content (AvgIpc) is 2.84. The van der Waals surface area contributed by atoms with Crippen molar-refractivity contribution in [1.82, 2.24) is 0 Å². The highest BCUT2D eigenvalue weighted by molar-refractivity contribution is 7.99. The minimum absolute atomic E-state index is 0.112. The van der Waals surface area contributed by atoms with Gasteiger partial charge >= 0.3 is 6.03 Å². The lowest BCUT2D eigenvalue weighted by Crippen LogP contribution is -2.32. The molecular weight excluding hydrogens is 478 g/mol. The molecule has 0 unspecified atom stereocenters. The van der Waals surface area contributed by atoms with Crippen LogP contribution in [0, 0.1) is 13.8 Å². The standard InChI is InChI=1S/C27H23N3O3S2/c1-18-11-16-22(19(2)17-18)29-35(32,33)21-14-12-20(13-15-21)28-27(31)30-23-7-3-5-9-25(23)34-26-10-6-4-8-24(26)30/h3-17,29H,1-2H3,(H,28,31). The Hall–Kier alpha value is -3.75. The monoisotopic (exact) mass is 501 g/mol. The van der Waals surface area contributed by atoms with Gasteiger partial charge in [-0.1, -0.05) is 53.7 Å². The summed E-state index contributed by atoms with van der Waals surface area (Å²) in [6.45, 7) is 3.82. The van der Waals surface area contributed by atoms with Crippen LogP contribution in [0.5, 0.6) is 0 Å². The molecule has 1 aliphatic rings. The van der Waals surface area contributed by atoms with E-state index in [0.717, 1.165) is 32.3 Å². The maximum atomic E-state index is 13.4. The molecule has 35 heavy (non-hydrogen) atoms. The number of sulfonamides is 1. The summed E-state index contributed by atoms with van der Waals surface area (Å²) >= 11 is 1.62. The Morgan fingerprint density at radius 3 is 2.00 bits per heavy atom. The quantitative estimate of drug-likeness (QED) is 0.317. The van der Waals surface area contributed by atoms with Crippen LogP contribution in [0.15, 0.2) is 106 Å². The van der Waals surface area contributed by atoms with E-state index in [2.05, 4.69) is 10.0 Å². The van der Waals surface area contributed by atoms with Gasteiger partial charge in [0.1, 0.15) is 0 Å². The van der Waals surface area contributed by atoms with Crippen molar-refractivity contribution in [3.63, 3.8) is 0 Å². The zero-order valence-electron chi connectivity index (χ0n) is 19.1. The summed E-state index contributed by atoms with van der Waals surface area (Å²) in [6, 6.07) is 26.8. The van der Waals surface area contributed by atoms with Crippen molar-refractivity contribution in [2.75, 3.05) is 14.9 Å². The van der Waals surface area contributed by atoms with Crippen LogP contribution in [0.4, 0.5) is 27.5 Å². The summed E-state index contributed by atoms with van der Waals surface area (Å²) in [6.07, 6.45) is 0. The molecule has 2 N–H and O–H groups in total. The van der Waals surface area contributed by atoms with Crippen LogP contribution in [0.1, 0.15) is 11.1 Å². The Kier molecular flexibility index (Phi) is 6.00. The van der Waals surface area contributed by atoms with Crippen LogP contribution < -0.4 is 14.9 Å². The third kappa shape index (κ3) is 4.62. The van der Waals surface area contributed by atoms with E-state index in [0.29, 0.717) is 11.4 Å². The second kappa shape index (κ2) is 9.13. The van der Waals surface area contributed by atoms with Gasteiger partial charge in [-0.3, -0.25) is 9.62 Å². The largest absolute Gasteiger partial charge is 0.331 e. The first-order chi connectivity index (χ1) is 16.8. The highest BCUT2D eigenvalue weighted by Gasteiger charge is 2.28. The summed E-state index contributed by atoms with van der Waals surface area (Å²) < 4.78 is 28.4. The van der Waals surface area contributed by atoms with Gasteiger partial charge in [-0.2, -0.15) is 0 Å². The van der Waals surface area contributed by atoms with Gasteiger partial charge in [0.2, 0.25) is 0 Å². The molecule has 4 aromatic carbocycles. The number of carbonyl (C=O) groups excluding carboxylic acids is 1. The molecular formula is C27H23N3O3S2. The molecule has 0 spiro atoms. The summed E-state index contributed by atoms with van der Waals surface area (Å²) in [5, 5.41) is 2.90. The van der Waals surface area contributed by atoms with Gasteiger partial charge in [0.15, 0.2) is 0 Å². The molecule has 0 aliphatic carbocycles. The maximum Gasteiger partial charge on any atom is 0.331 e. The van der Waals surface area contributed by atoms with Crippen molar-refractivity contribution in [2.45, 2.75) is 28.5 Å². The van der Waals surface area contributed by atoms with Crippen LogP contribution in [0.2, 0.25) is 0 Å². The lowest BCUT2D eigenvalue weighted by molar-refractivity contribution is 0.259. The number of carbonyl (C=O) groups is 1. The van der Waals surface area contributed by atoms with Gasteiger partial charge in [0.25, 0.3) is 10.0 Å². The van der Waals surface area contributed by atoms with Crippen molar-refractivity contribution in [3.05, 3.63) is 102 Å². The number of nitrogens with one attached hydrogen (secondary N) is 2. The normalized spacial score (nSPS) is 12.5. The third-order valence-electron chi connectivity index (χ3n) is 5.68. The molecule has 2 amide bonds. The number of hydrogen-bond acceptors (Lipinski definition) is 4. The molecule has 0 bridgehead atoms. The Morgan fingerprint density at radius 2 is 1.40 bits per heavy atom. The molecule has 0 fully saturated rings. The molecule has 4 aromatic rings. The molecule has 0 atom stereocenters. The minimum atomic E-state index is -3.77. The summed E-state index contributed by atoms with van der Waals surface area (Å²) in [5.74, 6) is 0. The van der Waals surface area contributed by atoms with Gasteiger partial charge in [-0.15, -0.1) is 0 Å². The van der Waals surface area contributed by atoms with E-state index in [1.165, 1.54) is 12.1 Å². The summed E-state index contributed by atoms with van der Waals surface area (Å²) in [4.78, 5) is 17.1. The van der Waals surface area contributed by atoms with E-state index < -0.39 is 10.0 Å². The Labute approximate surface area is 209 Å². The summed E-state index contributed by atoms with van der Waals surface area (Å²) in [7, 11) is -3.77. The lowest BCUT2D eigenvalue weighted by Gasteiger charge is -2.31. The first-order valence-electron chi connectivity index (χ1n) is 11.0. The highest BCUT2D eigenvalue weighted by Crippen LogP contribution is 2.48. The van der Waals surface area contributed by atoms with E-state index in [1.807, 2.05) is 74.5 Å². The molecule has 5 rings (SSSR count). The van der Waals surface area contributed by atoms with Crippen LogP contribution in [-0.4, -0.2) is 14.4 Å². The van der Waals surface area contributed by atoms with Crippen molar-refractivity contribution >= 4 is 50.6 Å². The van der Waals surface area contributed by atoms with E-state index in [-0.39, 0.29) is 10.9 Å². The van der Waals surface area contributed by atoms with Crippen molar-refractivity contribution < 1.29 is 13.2 Å². The van der Waals surface area contributed by atoms with E-state index >= 15 is 0 Å². The fourth-order valence-electron chi connectivity index (χ4n) is 3.95. The number of aryl methyl sites for hydroxylation is 2. The topological polar surface area (TPSA) is 78.5 Å². The molecule has 176 valence electrons. The number of amides is 2. The number of fused-ring (bicyclic) bond motifs is 2. The molecule has 8 heteroatoms. The van der Waals surface area contributed by atoms with Crippen molar-refractivity contribution in [3.8, 4) is 0 Å². The second-order valence-corrected chi connectivity index (χ2v) is 11.0. The summed E-state index contributed by atoms with van der Waals surface area (Å²) in [5.41, 5.74) is 4.53. The number of hydrogen-bond donors (Lipinski definition) is 2. The van der Waals surface area contributed by atoms with E-state index in [1.54, 1.807) is 34.9 Å². The van der Waals surface area contributed by atoms with E-state index in [9.17, 15) is 13.2 Å². The Balaban J connectivity index is 1.37. The predicted octanol–water partition coefficient (Wildman–Crippen LogP) is 6.94. The van der Waals surface area contributed by atoms with E-state index in [4.69, 9.17) is 0 Å². The number of para-hydroxylation sites is 2. The zero-order valence-corrected chi connectivity index (χ0v) is 20.8. The number of anilines is 4. The van der Waals surface area contributed by atoms with Crippen LogP contribution in [0.3, 0.4) is 0 Å². The average molecular weight is 502 g/mol. The Morgan fingerprint density at radius 1 is 0.800 bits per heavy atom. The van der Waals surface area contributed by atoms with Crippen molar-refractivity contribution in [2.24, 2.45) is 0 Å². The van der Waals surface area contributed by atoms with Crippen LogP contribution in [0.25, 0.3) is 0 Å². The predicted molar refractivity (Wildman–Crippen MR) is 141 cm³/mol. The highest BCUT2D eigenvalue weighted by atomic mass is 32.2. The lowest BCUT2D eigenvalue weighted by atomic mass is 10.1. The number of nitrogens with zero attached hydrogens (tertiary/aromatic N) is 1. The molecule has 6 nitrogen and oxygen atoms in total. The molecule has 1 aliphatic heterocycles. The smallest absolute Gasteiger partial charge is 0.307 e. The van der Waals surface area contributed by atoms with Gasteiger partial charge in [0, 0.05) is 15.5 Å². The number of rotatable bonds is 4. The molecule has 0 saturated carbocycles. The minimum Gasteiger partial charge on any atom is -0.307 e. The Bertz CT molecular complexity index is 1490. The fourth-order valence-corrected chi connectivity index (χ4v) is 6.14. The third-order valence-corrected chi connectivity index (χ3v) is 8.19. The van der Waals surface area contributed by atoms with Crippen LogP contribution in [-0.2, 0) is 10.0 Å². The molecule has 0 radical (unpaired) electrons. The van der Waals surface area contributed by atoms with Gasteiger partial charge < -0.3 is 5.32 Å². The van der Waals surface area contributed by atoms with Gasteiger partial charge in [-0.05, 0) is 74.0 Å². The second-order valence-electron chi connectivity index (χ2n) is 8.25. The first-order valence-corrected chi connectivity index (χ1v) is 13.3. The van der Waals surface area contributed by atoms with Crippen LogP contribution >= 0.6 is 11.8 Å². The van der Waals surface area contributed by atoms with Gasteiger partial charge in [-0.25, -0.2) is 13.2 Å². The molecule has 0 aromatic heterocycles. The van der Waals surface area contributed by atoms with Gasteiger partial charge in [0.05, 0.1) is 22.0 Å².